The summed E-state index contributed by atoms with van der Waals surface area (Å²) in [6.45, 7) is 11.9. The van der Waals surface area contributed by atoms with E-state index in [-0.39, 0.29) is 12.0 Å². The smallest absolute Gasteiger partial charge is 0.313 e. The lowest BCUT2D eigenvalue weighted by Crippen LogP contribution is -2.44. The fraction of sp³-hybridized carbons (Fsp3) is 0.579. The maximum atomic E-state index is 12.1. The van der Waals surface area contributed by atoms with Crippen LogP contribution in [0.25, 0.3) is 0 Å². The van der Waals surface area contributed by atoms with Gasteiger partial charge in [-0.25, -0.2) is 0 Å². The maximum absolute atomic E-state index is 12.1. The molecule has 0 aromatic heterocycles. The van der Waals surface area contributed by atoms with Crippen LogP contribution in [0, 0.1) is 12.8 Å². The van der Waals surface area contributed by atoms with Crippen LogP contribution in [0.1, 0.15) is 26.3 Å². The molecule has 2 amide bonds. The van der Waals surface area contributed by atoms with Gasteiger partial charge in [-0.1, -0.05) is 13.8 Å². The van der Waals surface area contributed by atoms with E-state index in [1.165, 1.54) is 0 Å². The highest BCUT2D eigenvalue weighted by atomic mass is 16.2. The Hall–Kier alpha value is -2.08. The van der Waals surface area contributed by atoms with Crippen molar-refractivity contribution < 1.29 is 9.59 Å². The molecule has 1 aromatic carbocycles. The molecule has 1 fully saturated rings. The lowest BCUT2D eigenvalue weighted by molar-refractivity contribution is -0.136. The average molecular weight is 346 g/mol. The van der Waals surface area contributed by atoms with Crippen molar-refractivity contribution in [2.45, 2.75) is 33.7 Å². The second-order valence-corrected chi connectivity index (χ2v) is 7.25. The maximum Gasteiger partial charge on any atom is 0.313 e. The summed E-state index contributed by atoms with van der Waals surface area (Å²) in [5.41, 5.74) is 2.78. The number of nitrogens with one attached hydrogen (secondary N) is 2. The third kappa shape index (κ3) is 5.19. The molecule has 25 heavy (non-hydrogen) atoms. The third-order valence-corrected chi connectivity index (χ3v) is 4.89. The van der Waals surface area contributed by atoms with Crippen molar-refractivity contribution >= 4 is 23.2 Å². The highest BCUT2D eigenvalue weighted by Crippen LogP contribution is 2.23. The van der Waals surface area contributed by atoms with Gasteiger partial charge in [-0.3, -0.25) is 9.59 Å². The SMILES string of the molecule is Cc1cc(N2CCN(C)CC2)ccc1NC(=O)C(=O)NC(C)C(C)C. The van der Waals surface area contributed by atoms with E-state index in [0.29, 0.717) is 5.69 Å². The summed E-state index contributed by atoms with van der Waals surface area (Å²) >= 11 is 0. The van der Waals surface area contributed by atoms with Crippen molar-refractivity contribution in [2.24, 2.45) is 5.92 Å². The van der Waals surface area contributed by atoms with Gasteiger partial charge in [0, 0.05) is 43.6 Å². The van der Waals surface area contributed by atoms with Gasteiger partial charge in [0.05, 0.1) is 0 Å². The summed E-state index contributed by atoms with van der Waals surface area (Å²) in [6.07, 6.45) is 0. The van der Waals surface area contributed by atoms with Crippen molar-refractivity contribution in [1.29, 1.82) is 0 Å². The Morgan fingerprint density at radius 2 is 1.68 bits per heavy atom. The van der Waals surface area contributed by atoms with Gasteiger partial charge >= 0.3 is 11.8 Å². The Bertz CT molecular complexity index is 622. The topological polar surface area (TPSA) is 64.7 Å². The second kappa shape index (κ2) is 8.34. The van der Waals surface area contributed by atoms with Gasteiger partial charge in [-0.2, -0.15) is 0 Å². The Morgan fingerprint density at radius 1 is 1.04 bits per heavy atom. The van der Waals surface area contributed by atoms with Crippen LogP contribution >= 0.6 is 0 Å². The largest absolute Gasteiger partial charge is 0.369 e. The molecular formula is C19H30N4O2. The van der Waals surface area contributed by atoms with E-state index in [4.69, 9.17) is 0 Å². The number of carbonyl (C=O) groups is 2. The van der Waals surface area contributed by atoms with Crippen LogP contribution in [0.2, 0.25) is 0 Å². The molecule has 1 unspecified atom stereocenters. The van der Waals surface area contributed by atoms with Crippen LogP contribution in [-0.2, 0) is 9.59 Å². The van der Waals surface area contributed by atoms with Crippen molar-refractivity contribution in [1.82, 2.24) is 10.2 Å². The summed E-state index contributed by atoms with van der Waals surface area (Å²) < 4.78 is 0. The highest BCUT2D eigenvalue weighted by Gasteiger charge is 2.19. The Morgan fingerprint density at radius 3 is 2.24 bits per heavy atom. The summed E-state index contributed by atoms with van der Waals surface area (Å²) in [7, 11) is 2.13. The number of anilines is 2. The molecule has 2 rings (SSSR count). The number of benzene rings is 1. The van der Waals surface area contributed by atoms with E-state index in [0.717, 1.165) is 37.4 Å². The standard InChI is InChI=1S/C19H30N4O2/c1-13(2)15(4)20-18(24)19(25)21-17-7-6-16(12-14(17)3)23-10-8-22(5)9-11-23/h6-7,12-13,15H,8-11H2,1-5H3,(H,20,24)(H,21,25). The second-order valence-electron chi connectivity index (χ2n) is 7.25. The van der Waals surface area contributed by atoms with Crippen molar-refractivity contribution in [2.75, 3.05) is 43.4 Å². The molecule has 138 valence electrons. The predicted octanol–water partition coefficient (Wildman–Crippen LogP) is 1.85. The zero-order chi connectivity index (χ0) is 18.6. The highest BCUT2D eigenvalue weighted by molar-refractivity contribution is 6.39. The Labute approximate surface area is 150 Å². The fourth-order valence-corrected chi connectivity index (χ4v) is 2.67. The van der Waals surface area contributed by atoms with Crippen LogP contribution in [0.5, 0.6) is 0 Å². The van der Waals surface area contributed by atoms with Crippen molar-refractivity contribution in [3.63, 3.8) is 0 Å². The molecular weight excluding hydrogens is 316 g/mol. The molecule has 0 bridgehead atoms. The Balaban J connectivity index is 1.98. The zero-order valence-electron chi connectivity index (χ0n) is 15.9. The number of hydrogen-bond acceptors (Lipinski definition) is 4. The van der Waals surface area contributed by atoms with Crippen LogP contribution in [0.3, 0.4) is 0 Å². The molecule has 1 aliphatic rings. The number of amides is 2. The first-order valence-corrected chi connectivity index (χ1v) is 8.94. The van der Waals surface area contributed by atoms with Crippen LogP contribution in [0.4, 0.5) is 11.4 Å². The molecule has 2 N–H and O–H groups in total. The molecule has 1 saturated heterocycles. The minimum Gasteiger partial charge on any atom is -0.369 e. The van der Waals surface area contributed by atoms with Gasteiger partial charge in [0.2, 0.25) is 0 Å². The number of piperazine rings is 1. The molecule has 0 radical (unpaired) electrons. The minimum absolute atomic E-state index is 0.0426. The molecule has 6 heteroatoms. The monoisotopic (exact) mass is 346 g/mol. The Kier molecular flexibility index (Phi) is 6.42. The zero-order valence-corrected chi connectivity index (χ0v) is 15.9. The van der Waals surface area contributed by atoms with Crippen LogP contribution < -0.4 is 15.5 Å². The van der Waals surface area contributed by atoms with E-state index in [2.05, 4.69) is 33.5 Å². The van der Waals surface area contributed by atoms with E-state index in [1.54, 1.807) is 0 Å². The predicted molar refractivity (Wildman–Crippen MR) is 102 cm³/mol. The number of aryl methyl sites for hydroxylation is 1. The molecule has 1 atom stereocenters. The van der Waals surface area contributed by atoms with Gasteiger partial charge in [-0.15, -0.1) is 0 Å². The fourth-order valence-electron chi connectivity index (χ4n) is 2.67. The summed E-state index contributed by atoms with van der Waals surface area (Å²) in [5, 5.41) is 5.44. The summed E-state index contributed by atoms with van der Waals surface area (Å²) in [4.78, 5) is 28.7. The molecule has 0 spiro atoms. The van der Waals surface area contributed by atoms with E-state index in [9.17, 15) is 9.59 Å². The van der Waals surface area contributed by atoms with Gasteiger partial charge in [0.1, 0.15) is 0 Å². The first-order chi connectivity index (χ1) is 11.8. The number of rotatable bonds is 4. The molecule has 1 aromatic rings. The van der Waals surface area contributed by atoms with Gasteiger partial charge < -0.3 is 20.4 Å². The van der Waals surface area contributed by atoms with E-state index < -0.39 is 11.8 Å². The normalized spacial score (nSPS) is 16.6. The minimum atomic E-state index is -0.622. The van der Waals surface area contributed by atoms with Crippen LogP contribution in [-0.4, -0.2) is 56.0 Å². The molecule has 1 heterocycles. The lowest BCUT2D eigenvalue weighted by Gasteiger charge is -2.34. The van der Waals surface area contributed by atoms with Crippen LogP contribution in [0.15, 0.2) is 18.2 Å². The summed E-state index contributed by atoms with van der Waals surface area (Å²) in [5.74, 6) is -0.937. The molecule has 0 saturated carbocycles. The number of likely N-dealkylation sites (N-methyl/N-ethyl adjacent to an activating group) is 1. The number of nitrogens with zero attached hydrogens (tertiary/aromatic N) is 2. The average Bonchev–Trinajstić information content (AvgIpc) is 2.57. The quantitative estimate of drug-likeness (QED) is 0.817. The van der Waals surface area contributed by atoms with E-state index >= 15 is 0 Å². The lowest BCUT2D eigenvalue weighted by atomic mass is 10.1. The first kappa shape index (κ1) is 19.2. The van der Waals surface area contributed by atoms with E-state index in [1.807, 2.05) is 39.8 Å². The van der Waals surface area contributed by atoms with Gasteiger partial charge in [-0.05, 0) is 50.6 Å². The number of carbonyl (C=O) groups excluding carboxylic acids is 2. The molecule has 6 nitrogen and oxygen atoms in total. The first-order valence-electron chi connectivity index (χ1n) is 8.94. The third-order valence-electron chi connectivity index (χ3n) is 4.89. The van der Waals surface area contributed by atoms with Gasteiger partial charge in [0.15, 0.2) is 0 Å². The van der Waals surface area contributed by atoms with Crippen molar-refractivity contribution in [3.05, 3.63) is 23.8 Å². The molecule has 0 aliphatic carbocycles. The van der Waals surface area contributed by atoms with Crippen molar-refractivity contribution in [3.8, 4) is 0 Å². The number of hydrogen-bond donors (Lipinski definition) is 2. The summed E-state index contributed by atoms with van der Waals surface area (Å²) in [6, 6.07) is 5.90. The molecule has 1 aliphatic heterocycles. The van der Waals surface area contributed by atoms with Gasteiger partial charge in [0.25, 0.3) is 0 Å².